The molecular formula is C26H29N3O4. The molecule has 1 aliphatic carbocycles. The Morgan fingerprint density at radius 1 is 1.12 bits per heavy atom. The molecule has 0 bridgehead atoms. The molecule has 0 radical (unpaired) electrons. The number of nitrogens with one attached hydrogen (secondary N) is 1. The molecule has 33 heavy (non-hydrogen) atoms. The number of rotatable bonds is 8. The Bertz CT molecular complexity index is 1200. The summed E-state index contributed by atoms with van der Waals surface area (Å²) in [5, 5.41) is 7.69. The lowest BCUT2D eigenvalue weighted by Crippen LogP contribution is -2.28. The van der Waals surface area contributed by atoms with Crippen LogP contribution in [0.2, 0.25) is 0 Å². The normalized spacial score (nSPS) is 13.7. The number of hydrogen-bond acceptors (Lipinski definition) is 6. The number of benzene rings is 2. The van der Waals surface area contributed by atoms with Gasteiger partial charge in [0.1, 0.15) is 11.4 Å². The number of hydrogen-bond donors (Lipinski definition) is 1. The van der Waals surface area contributed by atoms with E-state index in [2.05, 4.69) is 10.4 Å². The number of aromatic nitrogens is 2. The van der Waals surface area contributed by atoms with Crippen LogP contribution in [0.15, 0.2) is 53.3 Å². The Kier molecular flexibility index (Phi) is 6.77. The molecule has 0 saturated heterocycles. The maximum atomic E-state index is 13.2. The van der Waals surface area contributed by atoms with Crippen molar-refractivity contribution >= 4 is 17.2 Å². The zero-order valence-corrected chi connectivity index (χ0v) is 19.3. The molecule has 0 spiro atoms. The van der Waals surface area contributed by atoms with E-state index in [-0.39, 0.29) is 28.7 Å². The average molecular weight is 448 g/mol. The minimum absolute atomic E-state index is 0.157. The topological polar surface area (TPSA) is 82.5 Å². The molecule has 1 N–H and O–H groups in total. The van der Waals surface area contributed by atoms with E-state index in [9.17, 15) is 9.59 Å². The molecule has 1 saturated carbocycles. The van der Waals surface area contributed by atoms with Gasteiger partial charge in [0, 0.05) is 23.9 Å². The van der Waals surface area contributed by atoms with Crippen LogP contribution in [0.25, 0.3) is 11.3 Å². The van der Waals surface area contributed by atoms with Crippen LogP contribution in [0, 0.1) is 0 Å². The van der Waals surface area contributed by atoms with E-state index >= 15 is 0 Å². The first-order valence-electron chi connectivity index (χ1n) is 11.3. The number of ketones is 1. The molecule has 3 aromatic rings. The second-order valence-corrected chi connectivity index (χ2v) is 8.16. The predicted molar refractivity (Wildman–Crippen MR) is 129 cm³/mol. The van der Waals surface area contributed by atoms with Gasteiger partial charge in [0.15, 0.2) is 17.3 Å². The minimum atomic E-state index is -0.350. The van der Waals surface area contributed by atoms with Crippen molar-refractivity contribution in [2.24, 2.45) is 0 Å². The number of ether oxygens (including phenoxy) is 2. The van der Waals surface area contributed by atoms with Crippen molar-refractivity contribution < 1.29 is 14.3 Å². The van der Waals surface area contributed by atoms with Gasteiger partial charge in [0.25, 0.3) is 5.56 Å². The van der Waals surface area contributed by atoms with Crippen LogP contribution in [0.4, 0.5) is 11.4 Å². The summed E-state index contributed by atoms with van der Waals surface area (Å²) in [5.74, 6) is 1.01. The molecule has 0 amide bonds. The average Bonchev–Trinajstić information content (AvgIpc) is 3.34. The summed E-state index contributed by atoms with van der Waals surface area (Å²) in [4.78, 5) is 26.0. The van der Waals surface area contributed by atoms with Gasteiger partial charge >= 0.3 is 0 Å². The predicted octanol–water partition coefficient (Wildman–Crippen LogP) is 5.21. The van der Waals surface area contributed by atoms with Gasteiger partial charge in [-0.05, 0) is 51.7 Å². The monoisotopic (exact) mass is 447 g/mol. The largest absolute Gasteiger partial charge is 0.493 e. The Labute approximate surface area is 193 Å². The third kappa shape index (κ3) is 4.77. The van der Waals surface area contributed by atoms with Gasteiger partial charge in [-0.25, -0.2) is 4.68 Å². The van der Waals surface area contributed by atoms with E-state index in [0.717, 1.165) is 31.2 Å². The Hall–Kier alpha value is -3.61. The van der Waals surface area contributed by atoms with Crippen LogP contribution in [-0.4, -0.2) is 28.8 Å². The van der Waals surface area contributed by atoms with Crippen LogP contribution in [0.1, 0.15) is 49.9 Å². The summed E-state index contributed by atoms with van der Waals surface area (Å²) >= 11 is 0. The van der Waals surface area contributed by atoms with Crippen molar-refractivity contribution in [3.8, 4) is 22.8 Å². The first kappa shape index (κ1) is 22.6. The number of aryl methyl sites for hydroxylation is 1. The van der Waals surface area contributed by atoms with Gasteiger partial charge in [-0.2, -0.15) is 5.10 Å². The van der Waals surface area contributed by atoms with E-state index in [0.29, 0.717) is 29.4 Å². The SMILES string of the molecule is CCn1nc(-c2ccccc2)c(C(C)=O)c(Nc2ccc(OC)c(OC3CCCC3)c2)c1=O. The Morgan fingerprint density at radius 2 is 1.85 bits per heavy atom. The molecule has 1 heterocycles. The highest BCUT2D eigenvalue weighted by Gasteiger charge is 2.23. The van der Waals surface area contributed by atoms with E-state index in [1.807, 2.05) is 49.4 Å². The fraction of sp³-hybridized carbons (Fsp3) is 0.346. The zero-order chi connectivity index (χ0) is 23.4. The molecule has 0 aliphatic heterocycles. The van der Waals surface area contributed by atoms with Crippen molar-refractivity contribution in [1.29, 1.82) is 0 Å². The fourth-order valence-corrected chi connectivity index (χ4v) is 4.22. The summed E-state index contributed by atoms with van der Waals surface area (Å²) < 4.78 is 13.0. The molecule has 0 unspecified atom stereocenters. The van der Waals surface area contributed by atoms with E-state index < -0.39 is 0 Å². The molecule has 172 valence electrons. The lowest BCUT2D eigenvalue weighted by Gasteiger charge is -2.19. The summed E-state index contributed by atoms with van der Waals surface area (Å²) in [5.41, 5.74) is 2.00. The van der Waals surface area contributed by atoms with Gasteiger partial charge in [0.2, 0.25) is 0 Å². The van der Waals surface area contributed by atoms with Crippen molar-refractivity contribution in [3.63, 3.8) is 0 Å². The molecule has 4 rings (SSSR count). The van der Waals surface area contributed by atoms with Crippen LogP contribution < -0.4 is 20.3 Å². The van der Waals surface area contributed by atoms with Gasteiger partial charge in [-0.3, -0.25) is 9.59 Å². The highest BCUT2D eigenvalue weighted by Crippen LogP contribution is 2.35. The second kappa shape index (κ2) is 9.90. The maximum absolute atomic E-state index is 13.2. The molecule has 7 heteroatoms. The first-order chi connectivity index (χ1) is 16.0. The summed E-state index contributed by atoms with van der Waals surface area (Å²) in [6.07, 6.45) is 4.50. The van der Waals surface area contributed by atoms with Gasteiger partial charge in [-0.1, -0.05) is 30.3 Å². The third-order valence-electron chi connectivity index (χ3n) is 5.88. The number of anilines is 2. The number of methoxy groups -OCH3 is 1. The van der Waals surface area contributed by atoms with Gasteiger partial charge in [-0.15, -0.1) is 0 Å². The molecular weight excluding hydrogens is 418 g/mol. The van der Waals surface area contributed by atoms with Crippen molar-refractivity contribution in [2.45, 2.75) is 52.2 Å². The van der Waals surface area contributed by atoms with Crippen LogP contribution in [0.5, 0.6) is 11.5 Å². The highest BCUT2D eigenvalue weighted by atomic mass is 16.5. The smallest absolute Gasteiger partial charge is 0.291 e. The van der Waals surface area contributed by atoms with Crippen molar-refractivity contribution in [3.05, 3.63) is 64.4 Å². The number of carbonyl (C=O) groups excluding carboxylic acids is 1. The number of nitrogens with zero attached hydrogens (tertiary/aromatic N) is 2. The van der Waals surface area contributed by atoms with Crippen LogP contribution in [-0.2, 0) is 6.54 Å². The quantitative estimate of drug-likeness (QED) is 0.478. The van der Waals surface area contributed by atoms with Crippen molar-refractivity contribution in [2.75, 3.05) is 12.4 Å². The molecule has 1 fully saturated rings. The molecule has 0 atom stereocenters. The summed E-state index contributed by atoms with van der Waals surface area (Å²) in [6, 6.07) is 14.8. The lowest BCUT2D eigenvalue weighted by molar-refractivity contribution is 0.101. The molecule has 2 aromatic carbocycles. The lowest BCUT2D eigenvalue weighted by atomic mass is 10.0. The fourth-order valence-electron chi connectivity index (χ4n) is 4.22. The minimum Gasteiger partial charge on any atom is -0.493 e. The van der Waals surface area contributed by atoms with Gasteiger partial charge < -0.3 is 14.8 Å². The molecule has 1 aromatic heterocycles. The Balaban J connectivity index is 1.80. The van der Waals surface area contributed by atoms with E-state index in [1.54, 1.807) is 13.2 Å². The standard InChI is InChI=1S/C26H29N3O4/c1-4-29-26(31)25(23(17(2)30)24(28-29)18-10-6-5-7-11-18)27-19-14-15-21(32-3)22(16-19)33-20-12-8-9-13-20/h5-7,10-11,14-16,20,27H,4,8-9,12-13H2,1-3H3. The second-order valence-electron chi connectivity index (χ2n) is 8.16. The summed E-state index contributed by atoms with van der Waals surface area (Å²) in [6.45, 7) is 3.68. The van der Waals surface area contributed by atoms with E-state index in [4.69, 9.17) is 9.47 Å². The van der Waals surface area contributed by atoms with E-state index in [1.165, 1.54) is 11.6 Å². The molecule has 7 nitrogen and oxygen atoms in total. The third-order valence-corrected chi connectivity index (χ3v) is 5.88. The summed E-state index contributed by atoms with van der Waals surface area (Å²) in [7, 11) is 1.60. The van der Waals surface area contributed by atoms with Crippen LogP contribution >= 0.6 is 0 Å². The number of carbonyl (C=O) groups is 1. The maximum Gasteiger partial charge on any atom is 0.291 e. The van der Waals surface area contributed by atoms with Gasteiger partial charge in [0.05, 0.1) is 18.8 Å². The number of Topliss-reactive ketones (excluding diaryl/α,β-unsaturated/α-hetero) is 1. The molecule has 1 aliphatic rings. The Morgan fingerprint density at radius 3 is 2.48 bits per heavy atom. The first-order valence-corrected chi connectivity index (χ1v) is 11.3. The zero-order valence-electron chi connectivity index (χ0n) is 19.3. The highest BCUT2D eigenvalue weighted by molar-refractivity contribution is 6.05. The van der Waals surface area contributed by atoms with Crippen LogP contribution in [0.3, 0.4) is 0 Å². The van der Waals surface area contributed by atoms with Crippen molar-refractivity contribution in [1.82, 2.24) is 9.78 Å².